The van der Waals surface area contributed by atoms with Crippen LogP contribution in [-0.4, -0.2) is 37.4 Å². The number of hydrogen-bond donors (Lipinski definition) is 2. The molecule has 2 N–H and O–H groups in total. The van der Waals surface area contributed by atoms with E-state index in [9.17, 15) is 13.2 Å². The number of amides is 1. The van der Waals surface area contributed by atoms with Gasteiger partial charge >= 0.3 is 0 Å². The van der Waals surface area contributed by atoms with Gasteiger partial charge in [0.2, 0.25) is 5.91 Å². The van der Waals surface area contributed by atoms with E-state index in [1.807, 2.05) is 12.1 Å². The number of thioether (sulfide) groups is 1. The Labute approximate surface area is 162 Å². The van der Waals surface area contributed by atoms with Crippen LogP contribution in [0.15, 0.2) is 58.7 Å². The molecule has 0 atom stereocenters. The zero-order chi connectivity index (χ0) is 19.1. The second-order valence-corrected chi connectivity index (χ2v) is 8.64. The molecule has 3 rings (SSSR count). The summed E-state index contributed by atoms with van der Waals surface area (Å²) in [5, 5.41) is 2.74. The number of nitrogens with zero attached hydrogens (tertiary/aromatic N) is 2. The van der Waals surface area contributed by atoms with Crippen LogP contribution in [0.4, 0.5) is 5.69 Å². The van der Waals surface area contributed by atoms with E-state index < -0.39 is 10.0 Å². The smallest absolute Gasteiger partial charge is 0.262 e. The van der Waals surface area contributed by atoms with E-state index in [1.165, 1.54) is 23.9 Å². The monoisotopic (exact) mass is 404 g/mol. The molecule has 1 aliphatic rings. The number of hydrogen-bond acceptors (Lipinski definition) is 6. The lowest BCUT2D eigenvalue weighted by Gasteiger charge is -2.10. The second-order valence-electron chi connectivity index (χ2n) is 5.97. The summed E-state index contributed by atoms with van der Waals surface area (Å²) in [5.41, 5.74) is 1.49. The first-order valence-corrected chi connectivity index (χ1v) is 11.1. The maximum Gasteiger partial charge on any atom is 0.262 e. The minimum absolute atomic E-state index is 0.0953. The summed E-state index contributed by atoms with van der Waals surface area (Å²) < 4.78 is 27.4. The van der Waals surface area contributed by atoms with Gasteiger partial charge in [-0.25, -0.2) is 8.42 Å². The van der Waals surface area contributed by atoms with Crippen LogP contribution in [-0.2, 0) is 20.6 Å². The van der Waals surface area contributed by atoms with E-state index in [0.29, 0.717) is 30.2 Å². The number of benzene rings is 1. The van der Waals surface area contributed by atoms with Crippen LogP contribution in [0.25, 0.3) is 0 Å². The first-order valence-electron chi connectivity index (χ1n) is 8.46. The van der Waals surface area contributed by atoms with E-state index in [1.54, 1.807) is 24.5 Å². The molecule has 0 spiro atoms. The molecule has 1 aromatic heterocycles. The maximum atomic E-state index is 12.4. The van der Waals surface area contributed by atoms with Crippen molar-refractivity contribution in [3.05, 3.63) is 54.4 Å². The molecule has 0 unspecified atom stereocenters. The van der Waals surface area contributed by atoms with E-state index in [0.717, 1.165) is 12.0 Å². The van der Waals surface area contributed by atoms with E-state index in [4.69, 9.17) is 0 Å². The third-order valence-corrected chi connectivity index (χ3v) is 6.16. The minimum Gasteiger partial charge on any atom is -0.325 e. The van der Waals surface area contributed by atoms with Gasteiger partial charge < -0.3 is 5.32 Å². The second kappa shape index (κ2) is 9.01. The van der Waals surface area contributed by atoms with Crippen molar-refractivity contribution in [3.8, 4) is 0 Å². The molecular weight excluding hydrogens is 384 g/mol. The van der Waals surface area contributed by atoms with Crippen molar-refractivity contribution in [2.75, 3.05) is 17.6 Å². The molecule has 0 fully saturated rings. The molecular formula is C18H20N4O3S2. The highest BCUT2D eigenvalue weighted by Gasteiger charge is 2.18. The largest absolute Gasteiger partial charge is 0.325 e. The highest BCUT2D eigenvalue weighted by Crippen LogP contribution is 2.17. The predicted octanol–water partition coefficient (Wildman–Crippen LogP) is 2.42. The van der Waals surface area contributed by atoms with E-state index >= 15 is 0 Å². The average Bonchev–Trinajstić information content (AvgIpc) is 3.15. The molecule has 0 radical (unpaired) electrons. The topological polar surface area (TPSA) is 101 Å². The van der Waals surface area contributed by atoms with Crippen molar-refractivity contribution >= 4 is 39.2 Å². The molecule has 27 heavy (non-hydrogen) atoms. The SMILES string of the molecule is O=C(CSCc1cccnc1)Nc1cccc(S(=O)(=O)NC2=NCCC2)c1. The number of carbonyl (C=O) groups excluding carboxylic acids is 1. The van der Waals surface area contributed by atoms with Crippen molar-refractivity contribution in [1.29, 1.82) is 0 Å². The summed E-state index contributed by atoms with van der Waals surface area (Å²) in [6.07, 6.45) is 4.95. The summed E-state index contributed by atoms with van der Waals surface area (Å²) >= 11 is 1.47. The molecule has 0 saturated heterocycles. The highest BCUT2D eigenvalue weighted by molar-refractivity contribution is 7.99. The van der Waals surface area contributed by atoms with E-state index in [-0.39, 0.29) is 16.6 Å². The Kier molecular flexibility index (Phi) is 6.46. The molecule has 0 saturated carbocycles. The van der Waals surface area contributed by atoms with Gasteiger partial charge in [-0.2, -0.15) is 0 Å². The first-order chi connectivity index (χ1) is 13.0. The number of amidine groups is 1. The van der Waals surface area contributed by atoms with Gasteiger partial charge in [-0.05, 0) is 36.2 Å². The number of pyridine rings is 1. The fourth-order valence-corrected chi connectivity index (χ4v) is 4.42. The lowest BCUT2D eigenvalue weighted by Crippen LogP contribution is -2.29. The molecule has 9 heteroatoms. The lowest BCUT2D eigenvalue weighted by molar-refractivity contribution is -0.113. The van der Waals surface area contributed by atoms with Gasteiger partial charge in [-0.15, -0.1) is 11.8 Å². The van der Waals surface area contributed by atoms with Crippen molar-refractivity contribution < 1.29 is 13.2 Å². The first kappa shape index (κ1) is 19.4. The zero-order valence-electron chi connectivity index (χ0n) is 14.6. The van der Waals surface area contributed by atoms with Crippen LogP contribution < -0.4 is 10.0 Å². The summed E-state index contributed by atoms with van der Waals surface area (Å²) in [4.78, 5) is 20.4. The summed E-state index contributed by atoms with van der Waals surface area (Å²) in [6, 6.07) is 10.0. The molecule has 2 heterocycles. The van der Waals surface area contributed by atoms with Gasteiger partial charge in [0.05, 0.1) is 10.6 Å². The van der Waals surface area contributed by atoms with Gasteiger partial charge in [0.25, 0.3) is 10.0 Å². The number of rotatable bonds is 7. The average molecular weight is 405 g/mol. The number of carbonyl (C=O) groups is 1. The standard InChI is InChI=1S/C18H20N4O3S2/c23-18(13-26-12-14-4-2-8-19-11-14)21-15-5-1-6-16(10-15)27(24,25)22-17-7-3-9-20-17/h1-2,4-6,8,10-11H,3,7,9,12-13H2,(H,20,22)(H,21,23). The van der Waals surface area contributed by atoms with Crippen LogP contribution in [0.2, 0.25) is 0 Å². The Morgan fingerprint density at radius 2 is 2.11 bits per heavy atom. The molecule has 1 amide bonds. The number of nitrogens with one attached hydrogen (secondary N) is 2. The van der Waals surface area contributed by atoms with Crippen LogP contribution >= 0.6 is 11.8 Å². The zero-order valence-corrected chi connectivity index (χ0v) is 16.2. The quantitative estimate of drug-likeness (QED) is 0.738. The van der Waals surface area contributed by atoms with Crippen LogP contribution in [0.5, 0.6) is 0 Å². The number of sulfonamides is 1. The van der Waals surface area contributed by atoms with Gasteiger partial charge in [0.1, 0.15) is 5.84 Å². The van der Waals surface area contributed by atoms with Crippen molar-refractivity contribution in [2.45, 2.75) is 23.5 Å². The molecule has 0 aliphatic carbocycles. The van der Waals surface area contributed by atoms with Crippen LogP contribution in [0.3, 0.4) is 0 Å². The van der Waals surface area contributed by atoms with Crippen molar-refractivity contribution in [1.82, 2.24) is 9.71 Å². The third kappa shape index (κ3) is 5.80. The van der Waals surface area contributed by atoms with E-state index in [2.05, 4.69) is 20.0 Å². The maximum absolute atomic E-state index is 12.4. The van der Waals surface area contributed by atoms with Crippen LogP contribution in [0, 0.1) is 0 Å². The Bertz CT molecular complexity index is 931. The normalized spacial score (nSPS) is 13.9. The van der Waals surface area contributed by atoms with Gasteiger partial charge in [-0.3, -0.25) is 19.5 Å². The Balaban J connectivity index is 1.56. The highest BCUT2D eigenvalue weighted by atomic mass is 32.2. The fourth-order valence-electron chi connectivity index (χ4n) is 2.52. The molecule has 0 bridgehead atoms. The number of anilines is 1. The molecule has 1 aromatic carbocycles. The Hall–Kier alpha value is -2.39. The summed E-state index contributed by atoms with van der Waals surface area (Å²) in [7, 11) is -3.70. The Morgan fingerprint density at radius 3 is 2.85 bits per heavy atom. The Morgan fingerprint density at radius 1 is 1.22 bits per heavy atom. The van der Waals surface area contributed by atoms with Gasteiger partial charge in [-0.1, -0.05) is 12.1 Å². The summed E-state index contributed by atoms with van der Waals surface area (Å²) in [6.45, 7) is 0.644. The van der Waals surface area contributed by atoms with Crippen LogP contribution in [0.1, 0.15) is 18.4 Å². The third-order valence-electron chi connectivity index (χ3n) is 3.78. The predicted molar refractivity (Wildman–Crippen MR) is 107 cm³/mol. The molecule has 2 aromatic rings. The van der Waals surface area contributed by atoms with Crippen molar-refractivity contribution in [3.63, 3.8) is 0 Å². The minimum atomic E-state index is -3.70. The van der Waals surface area contributed by atoms with Crippen molar-refractivity contribution in [2.24, 2.45) is 4.99 Å². The number of aromatic nitrogens is 1. The van der Waals surface area contributed by atoms with Gasteiger partial charge in [0, 0.05) is 36.8 Å². The molecule has 1 aliphatic heterocycles. The molecule has 7 nitrogen and oxygen atoms in total. The summed E-state index contributed by atoms with van der Waals surface area (Å²) in [5.74, 6) is 1.24. The fraction of sp³-hybridized carbons (Fsp3) is 0.278. The molecule has 142 valence electrons. The lowest BCUT2D eigenvalue weighted by atomic mass is 10.3. The number of aliphatic imine (C=N–C) groups is 1. The van der Waals surface area contributed by atoms with Gasteiger partial charge in [0.15, 0.2) is 0 Å².